The third-order valence-electron chi connectivity index (χ3n) is 7.42. The van der Waals surface area contributed by atoms with E-state index in [0.717, 1.165) is 54.7 Å². The molecule has 0 unspecified atom stereocenters. The average Bonchev–Trinajstić information content (AvgIpc) is 3.47. The molecule has 2 amide bonds. The number of carbonyl (C=O) groups excluding carboxylic acids is 4. The summed E-state index contributed by atoms with van der Waals surface area (Å²) in [4.78, 5) is 61.2. The summed E-state index contributed by atoms with van der Waals surface area (Å²) in [5.74, 6) is -1.86. The van der Waals surface area contributed by atoms with Crippen LogP contribution in [0.1, 0.15) is 49.1 Å². The van der Waals surface area contributed by atoms with Crippen molar-refractivity contribution in [3.8, 4) is 0 Å². The Morgan fingerprint density at radius 3 is 2.69 bits per heavy atom. The Bertz CT molecular complexity index is 1550. The number of carbonyl (C=O) groups is 4. The average molecular weight is 657 g/mol. The zero-order valence-corrected chi connectivity index (χ0v) is 26.0. The van der Waals surface area contributed by atoms with Crippen LogP contribution in [0.15, 0.2) is 46.2 Å². The van der Waals surface area contributed by atoms with Crippen LogP contribution >= 0.6 is 23.1 Å². The lowest BCUT2D eigenvalue weighted by Crippen LogP contribution is -2.71. The number of ether oxygens (including phenoxy) is 3. The number of esters is 1. The van der Waals surface area contributed by atoms with Gasteiger partial charge in [0, 0.05) is 23.0 Å². The van der Waals surface area contributed by atoms with Crippen LogP contribution in [0.4, 0.5) is 9.93 Å². The molecule has 4 heterocycles. The molecular weight excluding hydrogens is 624 g/mol. The fourth-order valence-electron chi connectivity index (χ4n) is 5.12. The molecule has 2 aromatic rings. The van der Waals surface area contributed by atoms with Crippen LogP contribution < -0.4 is 11.1 Å². The minimum absolute atomic E-state index is 0.0140. The fraction of sp³-hybridized carbons (Fsp3) is 0.414. The molecular formula is C29H32N6O8S2. The highest BCUT2D eigenvalue weighted by Gasteiger charge is 2.54. The first kappa shape index (κ1) is 32.0. The van der Waals surface area contributed by atoms with Gasteiger partial charge in [-0.3, -0.25) is 19.5 Å². The zero-order chi connectivity index (χ0) is 31.9. The van der Waals surface area contributed by atoms with Crippen LogP contribution in [-0.4, -0.2) is 86.2 Å². The predicted molar refractivity (Wildman–Crippen MR) is 165 cm³/mol. The highest BCUT2D eigenvalue weighted by atomic mass is 32.2. The first-order valence-corrected chi connectivity index (χ1v) is 16.2. The molecule has 0 spiro atoms. The molecule has 2 aromatic heterocycles. The molecule has 0 aromatic carbocycles. The second-order valence-corrected chi connectivity index (χ2v) is 12.4. The second kappa shape index (κ2) is 14.6. The van der Waals surface area contributed by atoms with Gasteiger partial charge in [-0.2, -0.15) is 0 Å². The SMILES string of the molecule is Cc1ncccc1/C=C\C1=C(C(=O)OCCOC(=O)OC2CCCCC2)N2C(=O)[C@@H](NC(=O)C(=NO)c3csc(N)n3)[C@@H]2SC1. The van der Waals surface area contributed by atoms with E-state index in [1.807, 2.05) is 13.0 Å². The smallest absolute Gasteiger partial charge is 0.457 e. The quantitative estimate of drug-likeness (QED) is 0.0846. The van der Waals surface area contributed by atoms with Gasteiger partial charge in [-0.1, -0.05) is 29.8 Å². The molecule has 5 rings (SSSR count). The number of nitrogens with two attached hydrogens (primary N) is 1. The monoisotopic (exact) mass is 656 g/mol. The van der Waals surface area contributed by atoms with E-state index in [1.165, 1.54) is 22.0 Å². The van der Waals surface area contributed by atoms with E-state index in [9.17, 15) is 24.4 Å². The molecule has 1 saturated carbocycles. The summed E-state index contributed by atoms with van der Waals surface area (Å²) in [5, 5.41) is 16.0. The van der Waals surface area contributed by atoms with Gasteiger partial charge in [0.2, 0.25) is 0 Å². The largest absolute Gasteiger partial charge is 0.508 e. The van der Waals surface area contributed by atoms with Crippen molar-refractivity contribution in [2.45, 2.75) is 56.5 Å². The maximum atomic E-state index is 13.4. The van der Waals surface area contributed by atoms with Crippen molar-refractivity contribution >= 4 is 64.0 Å². The highest BCUT2D eigenvalue weighted by molar-refractivity contribution is 8.00. The van der Waals surface area contributed by atoms with E-state index in [-0.39, 0.29) is 35.8 Å². The van der Waals surface area contributed by atoms with E-state index in [1.54, 1.807) is 24.4 Å². The van der Waals surface area contributed by atoms with Crippen molar-refractivity contribution in [1.29, 1.82) is 0 Å². The van der Waals surface area contributed by atoms with E-state index < -0.39 is 41.1 Å². The molecule has 1 aliphatic carbocycles. The van der Waals surface area contributed by atoms with Gasteiger partial charge in [-0.25, -0.2) is 14.6 Å². The maximum Gasteiger partial charge on any atom is 0.508 e. The maximum absolute atomic E-state index is 13.4. The van der Waals surface area contributed by atoms with Gasteiger partial charge in [-0.15, -0.1) is 23.1 Å². The van der Waals surface area contributed by atoms with Gasteiger partial charge in [-0.05, 0) is 49.8 Å². The number of thiazole rings is 1. The summed E-state index contributed by atoms with van der Waals surface area (Å²) < 4.78 is 15.8. The van der Waals surface area contributed by atoms with Crippen LogP contribution in [0.5, 0.6) is 0 Å². The molecule has 0 bridgehead atoms. The number of hydrogen-bond acceptors (Lipinski definition) is 14. The number of oxime groups is 1. The summed E-state index contributed by atoms with van der Waals surface area (Å²) in [6.45, 7) is 1.37. The number of β-lactam (4-membered cyclic amide) rings is 1. The standard InChI is InChI=1S/C29H32N6O8S2/c1-16-17(6-5-11-31-16)9-10-18-14-44-26-22(33-24(36)21(34-40)20-15-45-28(30)32-20)25(37)35(26)23(18)27(38)41-12-13-42-29(39)43-19-7-3-2-4-8-19/h5-6,9-11,15,19,22,26,40H,2-4,7-8,12-14H2,1H3,(H2,30,32)(H,33,36)/b10-9-,34-21?/t22-,26+/m1/s1. The number of aryl methyl sites for hydroxylation is 1. The van der Waals surface area contributed by atoms with Crippen molar-refractivity contribution < 1.29 is 38.6 Å². The van der Waals surface area contributed by atoms with Crippen molar-refractivity contribution in [3.05, 3.63) is 58.0 Å². The van der Waals surface area contributed by atoms with Gasteiger partial charge in [0.1, 0.15) is 42.1 Å². The van der Waals surface area contributed by atoms with Gasteiger partial charge >= 0.3 is 12.1 Å². The number of nitrogens with one attached hydrogen (secondary N) is 1. The number of nitrogen functional groups attached to an aromatic ring is 1. The van der Waals surface area contributed by atoms with Crippen LogP contribution in [0.2, 0.25) is 0 Å². The van der Waals surface area contributed by atoms with E-state index in [2.05, 4.69) is 20.4 Å². The molecule has 45 heavy (non-hydrogen) atoms. The zero-order valence-electron chi connectivity index (χ0n) is 24.3. The van der Waals surface area contributed by atoms with Crippen molar-refractivity contribution in [2.24, 2.45) is 5.16 Å². The lowest BCUT2D eigenvalue weighted by Gasteiger charge is -2.49. The number of rotatable bonds is 10. The minimum atomic E-state index is -1.01. The molecule has 16 heteroatoms. The molecule has 1 saturated heterocycles. The molecule has 14 nitrogen and oxygen atoms in total. The Balaban J connectivity index is 1.27. The Hall–Kier alpha value is -4.44. The van der Waals surface area contributed by atoms with E-state index in [4.69, 9.17) is 19.9 Å². The first-order valence-electron chi connectivity index (χ1n) is 14.3. The minimum Gasteiger partial charge on any atom is -0.457 e. The van der Waals surface area contributed by atoms with Crippen LogP contribution in [0.3, 0.4) is 0 Å². The van der Waals surface area contributed by atoms with Gasteiger partial charge < -0.3 is 30.5 Å². The summed E-state index contributed by atoms with van der Waals surface area (Å²) in [5.41, 5.74) is 7.43. The Morgan fingerprint density at radius 1 is 1.20 bits per heavy atom. The van der Waals surface area contributed by atoms with Crippen LogP contribution in [0, 0.1) is 6.92 Å². The van der Waals surface area contributed by atoms with Gasteiger partial charge in [0.25, 0.3) is 11.8 Å². The molecule has 2 atom stereocenters. The fourth-order valence-corrected chi connectivity index (χ4v) is 6.99. The third kappa shape index (κ3) is 7.45. The van der Waals surface area contributed by atoms with Crippen LogP contribution in [0.25, 0.3) is 6.08 Å². The number of amides is 2. The number of allylic oxidation sites excluding steroid dienone is 1. The second-order valence-electron chi connectivity index (χ2n) is 10.4. The number of hydrogen-bond donors (Lipinski definition) is 3. The van der Waals surface area contributed by atoms with E-state index in [0.29, 0.717) is 11.3 Å². The molecule has 4 N–H and O–H groups in total. The molecule has 2 fully saturated rings. The number of aromatic nitrogens is 2. The molecule has 238 valence electrons. The van der Waals surface area contributed by atoms with Crippen molar-refractivity contribution in [3.63, 3.8) is 0 Å². The van der Waals surface area contributed by atoms with Crippen molar-refractivity contribution in [2.75, 3.05) is 24.7 Å². The van der Waals surface area contributed by atoms with Crippen molar-refractivity contribution in [1.82, 2.24) is 20.2 Å². The summed E-state index contributed by atoms with van der Waals surface area (Å²) in [6, 6.07) is 2.65. The van der Waals surface area contributed by atoms with Gasteiger partial charge in [0.15, 0.2) is 10.8 Å². The van der Waals surface area contributed by atoms with Gasteiger partial charge in [0.05, 0.1) is 0 Å². The molecule has 3 aliphatic rings. The highest BCUT2D eigenvalue weighted by Crippen LogP contribution is 2.41. The first-order chi connectivity index (χ1) is 21.8. The number of fused-ring (bicyclic) bond motifs is 1. The Morgan fingerprint density at radius 2 is 1.98 bits per heavy atom. The van der Waals surface area contributed by atoms with Crippen LogP contribution in [-0.2, 0) is 28.6 Å². The summed E-state index contributed by atoms with van der Waals surface area (Å²) in [6.07, 6.45) is 8.92. The third-order valence-corrected chi connectivity index (χ3v) is 9.40. The Kier molecular flexibility index (Phi) is 10.3. The summed E-state index contributed by atoms with van der Waals surface area (Å²) >= 11 is 2.40. The molecule has 0 radical (unpaired) electrons. The number of pyridine rings is 1. The predicted octanol–water partition coefficient (Wildman–Crippen LogP) is 3.00. The lowest BCUT2D eigenvalue weighted by atomic mass is 9.98. The number of anilines is 1. The van der Waals surface area contributed by atoms with E-state index >= 15 is 0 Å². The Labute approximate surface area is 266 Å². The number of thioether (sulfide) groups is 1. The topological polar surface area (TPSA) is 196 Å². The number of nitrogens with zero attached hydrogens (tertiary/aromatic N) is 4. The normalized spacial score (nSPS) is 20.4. The lowest BCUT2D eigenvalue weighted by molar-refractivity contribution is -0.153. The molecule has 2 aliphatic heterocycles. The summed E-state index contributed by atoms with van der Waals surface area (Å²) in [7, 11) is 0.